The average molecular weight is 501 g/mol. The molecule has 0 aliphatic heterocycles. The Morgan fingerprint density at radius 2 is 1.88 bits per heavy atom. The predicted octanol–water partition coefficient (Wildman–Crippen LogP) is 5.65. The number of benzene rings is 2. The molecule has 0 aliphatic carbocycles. The van der Waals surface area contributed by atoms with Gasteiger partial charge in [-0.1, -0.05) is 30.3 Å². The summed E-state index contributed by atoms with van der Waals surface area (Å²) in [6.07, 6.45) is 1.99. The van der Waals surface area contributed by atoms with E-state index in [0.29, 0.717) is 11.3 Å². The van der Waals surface area contributed by atoms with Crippen LogP contribution >= 0.6 is 34.4 Å². The van der Waals surface area contributed by atoms with E-state index in [1.54, 1.807) is 49.0 Å². The number of nitrogens with one attached hydrogen (secondary N) is 2. The molecule has 0 saturated heterocycles. The quantitative estimate of drug-likeness (QED) is 0.172. The SMILES string of the molecule is CSc1sc(C(=N)N)cc1-c1nc(-c2ccc(NS(=O)(=O)c3ccccc3C)cc2)cs1. The number of aryl methyl sites for hydroxylation is 1. The number of anilines is 1. The van der Waals surface area contributed by atoms with Crippen molar-refractivity contribution in [2.45, 2.75) is 16.0 Å². The molecule has 0 unspecified atom stereocenters. The predicted molar refractivity (Wildman–Crippen MR) is 136 cm³/mol. The lowest BCUT2D eigenvalue weighted by Gasteiger charge is -2.10. The molecule has 2 heterocycles. The van der Waals surface area contributed by atoms with E-state index in [9.17, 15) is 8.42 Å². The molecule has 4 aromatic rings. The monoisotopic (exact) mass is 500 g/mol. The smallest absolute Gasteiger partial charge is 0.262 e. The molecule has 0 amide bonds. The van der Waals surface area contributed by atoms with Gasteiger partial charge >= 0.3 is 0 Å². The molecule has 4 N–H and O–H groups in total. The number of hydrogen-bond donors (Lipinski definition) is 3. The lowest BCUT2D eigenvalue weighted by molar-refractivity contribution is 0.600. The highest BCUT2D eigenvalue weighted by Gasteiger charge is 2.18. The molecular weight excluding hydrogens is 481 g/mol. The third-order valence-electron chi connectivity index (χ3n) is 4.70. The topological polar surface area (TPSA) is 109 Å². The number of thioether (sulfide) groups is 1. The Bertz CT molecular complexity index is 1390. The van der Waals surface area contributed by atoms with Gasteiger partial charge in [0.15, 0.2) is 0 Å². The van der Waals surface area contributed by atoms with Crippen LogP contribution in [0.25, 0.3) is 21.8 Å². The van der Waals surface area contributed by atoms with Crippen molar-refractivity contribution >= 4 is 56.0 Å². The van der Waals surface area contributed by atoms with Crippen molar-refractivity contribution in [1.82, 2.24) is 4.98 Å². The second-order valence-corrected chi connectivity index (χ2v) is 11.6. The first-order valence-corrected chi connectivity index (χ1v) is 13.9. The second-order valence-electron chi connectivity index (χ2n) is 6.92. The molecule has 2 aromatic carbocycles. The minimum absolute atomic E-state index is 0.0528. The first-order valence-electron chi connectivity index (χ1n) is 9.45. The fourth-order valence-electron chi connectivity index (χ4n) is 3.11. The highest BCUT2D eigenvalue weighted by molar-refractivity contribution is 8.00. The number of rotatable bonds is 7. The lowest BCUT2D eigenvalue weighted by atomic mass is 10.1. The number of thiophene rings is 1. The number of sulfonamides is 1. The maximum atomic E-state index is 12.7. The van der Waals surface area contributed by atoms with E-state index >= 15 is 0 Å². The molecule has 0 spiro atoms. The molecule has 10 heteroatoms. The molecule has 0 radical (unpaired) electrons. The van der Waals surface area contributed by atoms with E-state index < -0.39 is 10.0 Å². The van der Waals surface area contributed by atoms with Crippen LogP contribution in [0.15, 0.2) is 69.1 Å². The van der Waals surface area contributed by atoms with Crippen molar-refractivity contribution in [2.75, 3.05) is 11.0 Å². The summed E-state index contributed by atoms with van der Waals surface area (Å²) in [5, 5.41) is 10.5. The second kappa shape index (κ2) is 9.07. The summed E-state index contributed by atoms with van der Waals surface area (Å²) in [4.78, 5) is 5.75. The number of thiazole rings is 1. The summed E-state index contributed by atoms with van der Waals surface area (Å²) in [5.41, 5.74) is 9.50. The largest absolute Gasteiger partial charge is 0.383 e. The number of hydrogen-bond acceptors (Lipinski definition) is 7. The van der Waals surface area contributed by atoms with Crippen LogP contribution < -0.4 is 10.5 Å². The lowest BCUT2D eigenvalue weighted by Crippen LogP contribution is -2.14. The fraction of sp³-hybridized carbons (Fsp3) is 0.0909. The highest BCUT2D eigenvalue weighted by atomic mass is 32.2. The van der Waals surface area contributed by atoms with Crippen LogP contribution in [-0.4, -0.2) is 25.5 Å². The fourth-order valence-corrected chi connectivity index (χ4v) is 7.13. The summed E-state index contributed by atoms with van der Waals surface area (Å²) in [6.45, 7) is 1.77. The number of nitrogens with two attached hydrogens (primary N) is 1. The zero-order valence-electron chi connectivity index (χ0n) is 17.2. The van der Waals surface area contributed by atoms with Gasteiger partial charge < -0.3 is 5.73 Å². The van der Waals surface area contributed by atoms with Crippen molar-refractivity contribution in [3.63, 3.8) is 0 Å². The Morgan fingerprint density at radius 1 is 1.16 bits per heavy atom. The van der Waals surface area contributed by atoms with E-state index in [4.69, 9.17) is 16.1 Å². The maximum Gasteiger partial charge on any atom is 0.262 e. The molecule has 0 atom stereocenters. The first-order chi connectivity index (χ1) is 15.3. The van der Waals surface area contributed by atoms with Crippen LogP contribution in [0.1, 0.15) is 10.4 Å². The van der Waals surface area contributed by atoms with Crippen molar-refractivity contribution < 1.29 is 8.42 Å². The van der Waals surface area contributed by atoms with Gasteiger partial charge in [-0.25, -0.2) is 13.4 Å². The van der Waals surface area contributed by atoms with Gasteiger partial charge in [0.05, 0.1) is 19.7 Å². The van der Waals surface area contributed by atoms with Crippen LogP contribution in [0.3, 0.4) is 0 Å². The Labute approximate surface area is 199 Å². The number of nitrogen functional groups attached to an aromatic ring is 1. The summed E-state index contributed by atoms with van der Waals surface area (Å²) in [7, 11) is -3.66. The van der Waals surface area contributed by atoms with Gasteiger partial charge in [-0.3, -0.25) is 10.1 Å². The molecule has 0 fully saturated rings. The molecule has 0 bridgehead atoms. The zero-order chi connectivity index (χ0) is 22.9. The third-order valence-corrected chi connectivity index (χ3v) is 9.42. The molecule has 0 saturated carbocycles. The zero-order valence-corrected chi connectivity index (χ0v) is 20.5. The minimum Gasteiger partial charge on any atom is -0.383 e. The van der Waals surface area contributed by atoms with E-state index in [-0.39, 0.29) is 10.7 Å². The van der Waals surface area contributed by atoms with Crippen LogP contribution in [0.4, 0.5) is 5.69 Å². The number of amidine groups is 1. The molecule has 32 heavy (non-hydrogen) atoms. The molecule has 6 nitrogen and oxygen atoms in total. The van der Waals surface area contributed by atoms with Crippen molar-refractivity contribution in [2.24, 2.45) is 5.73 Å². The average Bonchev–Trinajstić information content (AvgIpc) is 3.41. The Kier molecular flexibility index (Phi) is 6.38. The summed E-state index contributed by atoms with van der Waals surface area (Å²) < 4.78 is 29.1. The maximum absolute atomic E-state index is 12.7. The highest BCUT2D eigenvalue weighted by Crippen LogP contribution is 2.40. The van der Waals surface area contributed by atoms with Crippen LogP contribution in [0.5, 0.6) is 0 Å². The van der Waals surface area contributed by atoms with Gasteiger partial charge in [-0.05, 0) is 43.0 Å². The summed E-state index contributed by atoms with van der Waals surface area (Å²) >= 11 is 4.62. The van der Waals surface area contributed by atoms with Crippen LogP contribution in [0.2, 0.25) is 0 Å². The molecular formula is C22H20N4O2S4. The number of aromatic nitrogens is 1. The molecule has 2 aromatic heterocycles. The third kappa shape index (κ3) is 4.58. The summed E-state index contributed by atoms with van der Waals surface area (Å²) in [6, 6.07) is 15.9. The van der Waals surface area contributed by atoms with E-state index in [0.717, 1.165) is 30.9 Å². The van der Waals surface area contributed by atoms with E-state index in [2.05, 4.69) is 4.72 Å². The van der Waals surface area contributed by atoms with Crippen LogP contribution in [-0.2, 0) is 10.0 Å². The van der Waals surface area contributed by atoms with E-state index in [1.165, 1.54) is 22.7 Å². The van der Waals surface area contributed by atoms with Crippen molar-refractivity contribution in [3.05, 3.63) is 70.4 Å². The van der Waals surface area contributed by atoms with E-state index in [1.807, 2.05) is 35.9 Å². The van der Waals surface area contributed by atoms with Crippen molar-refractivity contribution in [3.8, 4) is 21.8 Å². The van der Waals surface area contributed by atoms with Gasteiger partial charge in [0.25, 0.3) is 10.0 Å². The standard InChI is InChI=1S/C22H20N4O2S4/c1-13-5-3-4-6-19(13)32(27,28)26-15-9-7-14(8-10-15)17-12-30-21(25-17)16-11-18(20(23)24)31-22(16)29-2/h3-12,26H,1-2H3,(H3,23,24). The Hall–Kier alpha value is -2.66. The van der Waals surface area contributed by atoms with Gasteiger partial charge in [-0.15, -0.1) is 34.4 Å². The first kappa shape index (κ1) is 22.5. The minimum atomic E-state index is -3.66. The van der Waals surface area contributed by atoms with Crippen molar-refractivity contribution in [1.29, 1.82) is 5.41 Å². The normalized spacial score (nSPS) is 11.4. The Balaban J connectivity index is 1.57. The van der Waals surface area contributed by atoms with Gasteiger partial charge in [-0.2, -0.15) is 0 Å². The van der Waals surface area contributed by atoms with Gasteiger partial charge in [0.1, 0.15) is 10.8 Å². The molecule has 4 rings (SSSR count). The molecule has 164 valence electrons. The van der Waals surface area contributed by atoms with Crippen LogP contribution in [0, 0.1) is 12.3 Å². The van der Waals surface area contributed by atoms with Gasteiger partial charge in [0, 0.05) is 22.2 Å². The molecule has 0 aliphatic rings. The summed E-state index contributed by atoms with van der Waals surface area (Å²) in [5.74, 6) is 0.0528. The number of nitrogens with zero attached hydrogens (tertiary/aromatic N) is 1. The van der Waals surface area contributed by atoms with Gasteiger partial charge in [0.2, 0.25) is 0 Å². The Morgan fingerprint density at radius 3 is 2.53 bits per heavy atom.